The average Bonchev–Trinajstić information content (AvgIpc) is 2.48. The highest BCUT2D eigenvalue weighted by Gasteiger charge is 2.00. The Morgan fingerprint density at radius 1 is 1.15 bits per heavy atom. The summed E-state index contributed by atoms with van der Waals surface area (Å²) in [5, 5.41) is 3.91. The summed E-state index contributed by atoms with van der Waals surface area (Å²) in [7, 11) is 0. The van der Waals surface area contributed by atoms with Gasteiger partial charge in [-0.2, -0.15) is 5.10 Å². The van der Waals surface area contributed by atoms with Crippen molar-refractivity contribution in [3.8, 4) is 5.75 Å². The van der Waals surface area contributed by atoms with E-state index in [0.717, 1.165) is 9.13 Å². The minimum Gasteiger partial charge on any atom is -0.484 e. The van der Waals surface area contributed by atoms with E-state index in [9.17, 15) is 4.79 Å². The van der Waals surface area contributed by atoms with E-state index in [2.05, 4.69) is 33.1 Å². The number of nitrogens with one attached hydrogen (secondary N) is 1. The van der Waals surface area contributed by atoms with Gasteiger partial charge in [-0.3, -0.25) is 4.79 Å². The second-order valence-corrected chi connectivity index (χ2v) is 5.08. The molecule has 0 aliphatic rings. The number of amides is 1. The lowest BCUT2D eigenvalue weighted by atomic mass is 10.2. The lowest BCUT2D eigenvalue weighted by molar-refractivity contribution is -0.123. The molecular formula is C15H13IN2O2. The number of carbonyl (C=O) groups excluding carboxylic acids is 1. The fourth-order valence-electron chi connectivity index (χ4n) is 1.45. The molecular weight excluding hydrogens is 367 g/mol. The van der Waals surface area contributed by atoms with Crippen LogP contribution in [0.5, 0.6) is 5.75 Å². The van der Waals surface area contributed by atoms with Crippen molar-refractivity contribution in [1.82, 2.24) is 5.43 Å². The molecule has 4 nitrogen and oxygen atoms in total. The maximum Gasteiger partial charge on any atom is 0.277 e. The van der Waals surface area contributed by atoms with Gasteiger partial charge in [0.1, 0.15) is 5.75 Å². The maximum atomic E-state index is 11.5. The van der Waals surface area contributed by atoms with Crippen molar-refractivity contribution in [3.05, 3.63) is 63.7 Å². The van der Waals surface area contributed by atoms with Crippen LogP contribution < -0.4 is 10.2 Å². The summed E-state index contributed by atoms with van der Waals surface area (Å²) in [5.41, 5.74) is 3.39. The lowest BCUT2D eigenvalue weighted by Gasteiger charge is -2.04. The number of hydrazone groups is 1. The van der Waals surface area contributed by atoms with Gasteiger partial charge < -0.3 is 4.74 Å². The van der Waals surface area contributed by atoms with Crippen molar-refractivity contribution in [2.75, 3.05) is 6.61 Å². The Morgan fingerprint density at radius 2 is 1.85 bits per heavy atom. The zero-order valence-corrected chi connectivity index (χ0v) is 12.8. The Labute approximate surface area is 131 Å². The van der Waals surface area contributed by atoms with Crippen LogP contribution in [0.2, 0.25) is 0 Å². The van der Waals surface area contributed by atoms with Gasteiger partial charge in [0.05, 0.1) is 6.21 Å². The summed E-state index contributed by atoms with van der Waals surface area (Å²) in [4.78, 5) is 11.5. The molecule has 0 bridgehead atoms. The Hall–Kier alpha value is -1.89. The highest BCUT2D eigenvalue weighted by molar-refractivity contribution is 14.1. The van der Waals surface area contributed by atoms with E-state index in [0.29, 0.717) is 5.75 Å². The van der Waals surface area contributed by atoms with Crippen molar-refractivity contribution in [3.63, 3.8) is 0 Å². The highest BCUT2D eigenvalue weighted by Crippen LogP contribution is 2.09. The number of hydrogen-bond donors (Lipinski definition) is 1. The SMILES string of the molecule is O=C(COc1ccccc1)NN=Cc1ccccc1I. The fraction of sp³-hybridized carbons (Fsp3) is 0.0667. The summed E-state index contributed by atoms with van der Waals surface area (Å²) in [6, 6.07) is 16.9. The molecule has 0 heterocycles. The lowest BCUT2D eigenvalue weighted by Crippen LogP contribution is -2.24. The minimum atomic E-state index is -0.295. The first kappa shape index (κ1) is 14.5. The van der Waals surface area contributed by atoms with Crippen molar-refractivity contribution in [1.29, 1.82) is 0 Å². The molecule has 0 fully saturated rings. The van der Waals surface area contributed by atoms with Crippen LogP contribution in [-0.2, 0) is 4.79 Å². The number of ether oxygens (including phenoxy) is 1. The molecule has 0 radical (unpaired) electrons. The molecule has 0 unspecified atom stereocenters. The molecule has 102 valence electrons. The molecule has 0 atom stereocenters. The number of halogens is 1. The molecule has 0 saturated heterocycles. The molecule has 20 heavy (non-hydrogen) atoms. The van der Waals surface area contributed by atoms with Crippen molar-refractivity contribution >= 4 is 34.7 Å². The van der Waals surface area contributed by atoms with Gasteiger partial charge in [0, 0.05) is 9.13 Å². The molecule has 0 aliphatic heterocycles. The Morgan fingerprint density at radius 3 is 2.60 bits per heavy atom. The number of nitrogens with zero attached hydrogens (tertiary/aromatic N) is 1. The van der Waals surface area contributed by atoms with Crippen LogP contribution in [-0.4, -0.2) is 18.7 Å². The minimum absolute atomic E-state index is 0.0623. The topological polar surface area (TPSA) is 50.7 Å². The highest BCUT2D eigenvalue weighted by atomic mass is 127. The van der Waals surface area contributed by atoms with E-state index in [1.54, 1.807) is 18.3 Å². The molecule has 2 aromatic rings. The standard InChI is InChI=1S/C15H13IN2O2/c16-14-9-5-4-6-12(14)10-17-18-15(19)11-20-13-7-2-1-3-8-13/h1-10H,11H2,(H,18,19). The second kappa shape index (κ2) is 7.64. The van der Waals surface area contributed by atoms with Gasteiger partial charge in [0.15, 0.2) is 6.61 Å². The van der Waals surface area contributed by atoms with Crippen LogP contribution in [0, 0.1) is 3.57 Å². The van der Waals surface area contributed by atoms with Gasteiger partial charge in [-0.05, 0) is 40.8 Å². The third kappa shape index (κ3) is 4.65. The fourth-order valence-corrected chi connectivity index (χ4v) is 1.98. The summed E-state index contributed by atoms with van der Waals surface area (Å²) in [5.74, 6) is 0.361. The van der Waals surface area contributed by atoms with Crippen LogP contribution in [0.3, 0.4) is 0 Å². The van der Waals surface area contributed by atoms with Gasteiger partial charge in [-0.15, -0.1) is 0 Å². The molecule has 2 aromatic carbocycles. The van der Waals surface area contributed by atoms with E-state index < -0.39 is 0 Å². The van der Waals surface area contributed by atoms with Crippen LogP contribution in [0.4, 0.5) is 0 Å². The summed E-state index contributed by atoms with van der Waals surface area (Å²) in [6.07, 6.45) is 1.61. The quantitative estimate of drug-likeness (QED) is 0.493. The predicted molar refractivity (Wildman–Crippen MR) is 86.8 cm³/mol. The van der Waals surface area contributed by atoms with E-state index in [4.69, 9.17) is 4.74 Å². The van der Waals surface area contributed by atoms with E-state index in [1.807, 2.05) is 42.5 Å². The van der Waals surface area contributed by atoms with Gasteiger partial charge in [-0.25, -0.2) is 5.43 Å². The third-order valence-corrected chi connectivity index (χ3v) is 3.39. The molecule has 1 amide bonds. The van der Waals surface area contributed by atoms with Gasteiger partial charge in [-0.1, -0.05) is 36.4 Å². The molecule has 0 saturated carbocycles. The Kier molecular flexibility index (Phi) is 5.55. The first-order chi connectivity index (χ1) is 9.75. The van der Waals surface area contributed by atoms with E-state index in [1.165, 1.54) is 0 Å². The summed E-state index contributed by atoms with van der Waals surface area (Å²) in [6.45, 7) is -0.0623. The second-order valence-electron chi connectivity index (χ2n) is 3.92. The van der Waals surface area contributed by atoms with E-state index in [-0.39, 0.29) is 12.5 Å². The zero-order valence-electron chi connectivity index (χ0n) is 10.6. The summed E-state index contributed by atoms with van der Waals surface area (Å²) < 4.78 is 6.38. The van der Waals surface area contributed by atoms with Gasteiger partial charge in [0.25, 0.3) is 5.91 Å². The normalized spacial score (nSPS) is 10.4. The molecule has 2 rings (SSSR count). The smallest absolute Gasteiger partial charge is 0.277 e. The largest absolute Gasteiger partial charge is 0.484 e. The Balaban J connectivity index is 1.79. The molecule has 0 aromatic heterocycles. The zero-order chi connectivity index (χ0) is 14.2. The molecule has 5 heteroatoms. The van der Waals surface area contributed by atoms with Gasteiger partial charge >= 0.3 is 0 Å². The predicted octanol–water partition coefficient (Wildman–Crippen LogP) is 2.82. The first-order valence-corrected chi connectivity index (χ1v) is 7.08. The molecule has 1 N–H and O–H groups in total. The first-order valence-electron chi connectivity index (χ1n) is 6.00. The number of para-hydroxylation sites is 1. The number of rotatable bonds is 5. The number of benzene rings is 2. The van der Waals surface area contributed by atoms with Crippen LogP contribution in [0.1, 0.15) is 5.56 Å². The van der Waals surface area contributed by atoms with Crippen LogP contribution >= 0.6 is 22.6 Å². The summed E-state index contributed by atoms with van der Waals surface area (Å²) >= 11 is 2.21. The van der Waals surface area contributed by atoms with Crippen LogP contribution in [0.15, 0.2) is 59.7 Å². The van der Waals surface area contributed by atoms with Gasteiger partial charge in [0.2, 0.25) is 0 Å². The van der Waals surface area contributed by atoms with Crippen LogP contribution in [0.25, 0.3) is 0 Å². The number of carbonyl (C=O) groups is 1. The third-order valence-electron chi connectivity index (χ3n) is 2.41. The van der Waals surface area contributed by atoms with Crippen molar-refractivity contribution in [2.24, 2.45) is 5.10 Å². The van der Waals surface area contributed by atoms with Crippen molar-refractivity contribution < 1.29 is 9.53 Å². The maximum absolute atomic E-state index is 11.5. The monoisotopic (exact) mass is 380 g/mol. The van der Waals surface area contributed by atoms with E-state index >= 15 is 0 Å². The Bertz CT molecular complexity index is 600. The average molecular weight is 380 g/mol. The molecule has 0 aliphatic carbocycles. The molecule has 0 spiro atoms. The van der Waals surface area contributed by atoms with Crippen molar-refractivity contribution in [2.45, 2.75) is 0 Å². The number of hydrogen-bond acceptors (Lipinski definition) is 3.